The van der Waals surface area contributed by atoms with Crippen LogP contribution >= 0.6 is 0 Å². The van der Waals surface area contributed by atoms with Gasteiger partial charge in [0.05, 0.1) is 0 Å². The minimum absolute atomic E-state index is 0.143. The molecule has 0 saturated carbocycles. The molecule has 1 unspecified atom stereocenters. The molecule has 0 aliphatic rings. The molecule has 0 aliphatic heterocycles. The minimum Gasteiger partial charge on any atom is -0.503 e. The molecule has 0 radical (unpaired) electrons. The Bertz CT molecular complexity index is 443. The molecule has 1 rings (SSSR count). The highest BCUT2D eigenvalue weighted by Crippen LogP contribution is 1.99. The third-order valence-electron chi connectivity index (χ3n) is 2.30. The summed E-state index contributed by atoms with van der Waals surface area (Å²) in [5, 5.41) is 14.7. The third-order valence-corrected chi connectivity index (χ3v) is 2.30. The first-order valence-electron chi connectivity index (χ1n) is 6.39. The molecule has 108 valence electrons. The van der Waals surface area contributed by atoms with Gasteiger partial charge in [-0.2, -0.15) is 0 Å². The largest absolute Gasteiger partial charge is 0.503 e. The number of carbonyl (C=O) groups is 1. The van der Waals surface area contributed by atoms with Crippen molar-refractivity contribution in [2.75, 3.05) is 20.1 Å². The third kappa shape index (κ3) is 6.05. The van der Waals surface area contributed by atoms with Crippen LogP contribution in [0.2, 0.25) is 0 Å². The molecular weight excluding hydrogens is 246 g/mol. The summed E-state index contributed by atoms with van der Waals surface area (Å²) in [6, 6.07) is 1.08. The average Bonchev–Trinajstić information content (AvgIpc) is 2.42. The van der Waals surface area contributed by atoms with E-state index >= 15 is 0 Å². The SMILES string of the molecule is CC.CNCC(C)CNC(=O)c1cc(=O)c(O)c[nH]1. The van der Waals surface area contributed by atoms with Gasteiger partial charge in [-0.15, -0.1) is 0 Å². The van der Waals surface area contributed by atoms with Crippen LogP contribution in [0.5, 0.6) is 5.75 Å². The van der Waals surface area contributed by atoms with Crippen LogP contribution in [0.4, 0.5) is 0 Å². The summed E-state index contributed by atoms with van der Waals surface area (Å²) < 4.78 is 0. The van der Waals surface area contributed by atoms with Crippen molar-refractivity contribution in [1.29, 1.82) is 0 Å². The van der Waals surface area contributed by atoms with E-state index in [2.05, 4.69) is 15.6 Å². The van der Waals surface area contributed by atoms with Crippen molar-refractivity contribution < 1.29 is 9.90 Å². The van der Waals surface area contributed by atoms with Crippen molar-refractivity contribution in [3.8, 4) is 5.75 Å². The number of aromatic hydroxyl groups is 1. The number of aromatic nitrogens is 1. The molecule has 0 spiro atoms. The lowest BCUT2D eigenvalue weighted by molar-refractivity contribution is 0.0943. The maximum Gasteiger partial charge on any atom is 0.267 e. The molecule has 0 fully saturated rings. The number of amides is 1. The van der Waals surface area contributed by atoms with Gasteiger partial charge in [0.25, 0.3) is 5.91 Å². The van der Waals surface area contributed by atoms with Gasteiger partial charge in [0.15, 0.2) is 5.75 Å². The first-order valence-corrected chi connectivity index (χ1v) is 6.39. The summed E-state index contributed by atoms with van der Waals surface area (Å²) in [4.78, 5) is 25.3. The number of hydrogen-bond acceptors (Lipinski definition) is 4. The molecule has 1 amide bonds. The number of aromatic amines is 1. The smallest absolute Gasteiger partial charge is 0.267 e. The van der Waals surface area contributed by atoms with Crippen LogP contribution in [0.15, 0.2) is 17.1 Å². The first-order chi connectivity index (χ1) is 9.04. The Balaban J connectivity index is 0.00000154. The van der Waals surface area contributed by atoms with Crippen LogP contribution in [0.1, 0.15) is 31.3 Å². The number of carbonyl (C=O) groups excluding carboxylic acids is 1. The molecule has 6 nitrogen and oxygen atoms in total. The molecule has 0 saturated heterocycles. The first kappa shape index (κ1) is 17.2. The molecule has 0 bridgehead atoms. The molecule has 1 atom stereocenters. The van der Waals surface area contributed by atoms with E-state index in [-0.39, 0.29) is 11.6 Å². The highest BCUT2D eigenvalue weighted by Gasteiger charge is 2.09. The molecule has 0 aromatic carbocycles. The molecule has 6 heteroatoms. The van der Waals surface area contributed by atoms with Gasteiger partial charge >= 0.3 is 0 Å². The number of hydrogen-bond donors (Lipinski definition) is 4. The second-order valence-electron chi connectivity index (χ2n) is 3.97. The summed E-state index contributed by atoms with van der Waals surface area (Å²) in [5.41, 5.74) is -0.429. The van der Waals surface area contributed by atoms with Crippen molar-refractivity contribution >= 4 is 5.91 Å². The average molecular weight is 269 g/mol. The fourth-order valence-corrected chi connectivity index (χ4v) is 1.38. The molecule has 19 heavy (non-hydrogen) atoms. The van der Waals surface area contributed by atoms with Crippen molar-refractivity contribution in [3.63, 3.8) is 0 Å². The number of H-pyrrole nitrogens is 1. The van der Waals surface area contributed by atoms with E-state index in [0.29, 0.717) is 12.5 Å². The lowest BCUT2D eigenvalue weighted by Crippen LogP contribution is -2.33. The van der Waals surface area contributed by atoms with Gasteiger partial charge in [0.2, 0.25) is 5.43 Å². The van der Waals surface area contributed by atoms with Gasteiger partial charge in [-0.25, -0.2) is 0 Å². The number of pyridine rings is 1. The molecule has 4 N–H and O–H groups in total. The second kappa shape index (κ2) is 9.16. The van der Waals surface area contributed by atoms with Crippen LogP contribution in [0, 0.1) is 5.92 Å². The summed E-state index contributed by atoms with van der Waals surface area (Å²) in [5.74, 6) is -0.456. The van der Waals surface area contributed by atoms with E-state index in [1.165, 1.54) is 0 Å². The van der Waals surface area contributed by atoms with Crippen molar-refractivity contribution in [2.45, 2.75) is 20.8 Å². The van der Waals surface area contributed by atoms with Crippen LogP contribution in [-0.4, -0.2) is 36.1 Å². The van der Waals surface area contributed by atoms with E-state index in [1.807, 2.05) is 27.8 Å². The van der Waals surface area contributed by atoms with Crippen LogP contribution < -0.4 is 16.1 Å². The Morgan fingerprint density at radius 3 is 2.58 bits per heavy atom. The van der Waals surface area contributed by atoms with E-state index in [4.69, 9.17) is 5.11 Å². The van der Waals surface area contributed by atoms with Gasteiger partial charge in [-0.05, 0) is 19.5 Å². The summed E-state index contributed by atoms with van der Waals surface area (Å²) in [6.45, 7) is 7.31. The quantitative estimate of drug-likeness (QED) is 0.632. The Hall–Kier alpha value is -1.82. The normalized spacial score (nSPS) is 11.2. The lowest BCUT2D eigenvalue weighted by atomic mass is 10.2. The van der Waals surface area contributed by atoms with Crippen LogP contribution in [0.25, 0.3) is 0 Å². The highest BCUT2D eigenvalue weighted by atomic mass is 16.3. The predicted octanol–water partition coefficient (Wildman–Crippen LogP) is 0.692. The van der Waals surface area contributed by atoms with E-state index in [9.17, 15) is 9.59 Å². The zero-order valence-electron chi connectivity index (χ0n) is 11.9. The fraction of sp³-hybridized carbons (Fsp3) is 0.538. The maximum absolute atomic E-state index is 11.6. The summed E-state index contributed by atoms with van der Waals surface area (Å²) in [7, 11) is 1.84. The topological polar surface area (TPSA) is 94.2 Å². The summed E-state index contributed by atoms with van der Waals surface area (Å²) in [6.07, 6.45) is 1.11. The zero-order valence-corrected chi connectivity index (χ0v) is 11.9. The zero-order chi connectivity index (χ0) is 14.8. The highest BCUT2D eigenvalue weighted by molar-refractivity contribution is 5.92. The molecule has 1 aromatic rings. The summed E-state index contributed by atoms with van der Waals surface area (Å²) >= 11 is 0. The van der Waals surface area contributed by atoms with Gasteiger partial charge in [0, 0.05) is 18.8 Å². The van der Waals surface area contributed by atoms with Crippen molar-refractivity contribution in [2.24, 2.45) is 5.92 Å². The van der Waals surface area contributed by atoms with Gasteiger partial charge in [-0.1, -0.05) is 20.8 Å². The maximum atomic E-state index is 11.6. The van der Waals surface area contributed by atoms with E-state index < -0.39 is 11.2 Å². The monoisotopic (exact) mass is 269 g/mol. The fourth-order valence-electron chi connectivity index (χ4n) is 1.38. The number of rotatable bonds is 5. The minimum atomic E-state index is -0.572. The van der Waals surface area contributed by atoms with Crippen molar-refractivity contribution in [1.82, 2.24) is 15.6 Å². The van der Waals surface area contributed by atoms with Gasteiger partial charge < -0.3 is 20.7 Å². The number of nitrogens with one attached hydrogen (secondary N) is 3. The van der Waals surface area contributed by atoms with Crippen LogP contribution in [-0.2, 0) is 0 Å². The molecular formula is C13H23N3O3. The van der Waals surface area contributed by atoms with E-state index in [0.717, 1.165) is 18.8 Å². The Labute approximate surface area is 113 Å². The predicted molar refractivity (Wildman–Crippen MR) is 75.5 cm³/mol. The van der Waals surface area contributed by atoms with Crippen molar-refractivity contribution in [3.05, 3.63) is 28.2 Å². The molecule has 1 heterocycles. The van der Waals surface area contributed by atoms with E-state index in [1.54, 1.807) is 0 Å². The molecule has 0 aliphatic carbocycles. The standard InChI is InChI=1S/C11H17N3O3.C2H6/c1-7(4-12-2)5-14-11(17)8-3-9(15)10(16)6-13-8;1-2/h3,6-7,12,16H,4-5H2,1-2H3,(H,13,15)(H,14,17);1-2H3. The Morgan fingerprint density at radius 1 is 1.42 bits per heavy atom. The van der Waals surface area contributed by atoms with Gasteiger partial charge in [0.1, 0.15) is 5.69 Å². The molecule has 1 aromatic heterocycles. The van der Waals surface area contributed by atoms with Crippen LogP contribution in [0.3, 0.4) is 0 Å². The van der Waals surface area contributed by atoms with Gasteiger partial charge in [-0.3, -0.25) is 9.59 Å². The lowest BCUT2D eigenvalue weighted by Gasteiger charge is -2.11. The Kier molecular flexibility index (Phi) is 8.28. The Morgan fingerprint density at radius 2 is 2.05 bits per heavy atom. The second-order valence-corrected chi connectivity index (χ2v) is 3.97.